The van der Waals surface area contributed by atoms with Crippen molar-refractivity contribution in [1.82, 2.24) is 5.32 Å². The van der Waals surface area contributed by atoms with Gasteiger partial charge >= 0.3 is 0 Å². The molecular formula is C17H11Cl2NO2S2. The number of nitrogens with one attached hydrogen (secondary N) is 1. The number of thiophene rings is 2. The van der Waals surface area contributed by atoms with E-state index in [0.717, 1.165) is 4.88 Å². The minimum atomic E-state index is -0.304. The van der Waals surface area contributed by atoms with E-state index in [1.165, 1.54) is 28.7 Å². The summed E-state index contributed by atoms with van der Waals surface area (Å²) in [5, 5.41) is 5.45. The Balaban J connectivity index is 1.66. The number of rotatable bonds is 5. The van der Waals surface area contributed by atoms with Crippen LogP contribution in [0.15, 0.2) is 47.8 Å². The van der Waals surface area contributed by atoms with Crippen LogP contribution in [0.1, 0.15) is 29.8 Å². The molecule has 0 aliphatic rings. The van der Waals surface area contributed by atoms with E-state index < -0.39 is 0 Å². The Morgan fingerprint density at radius 3 is 2.62 bits per heavy atom. The highest BCUT2D eigenvalue weighted by Gasteiger charge is 2.14. The first-order chi connectivity index (χ1) is 11.5. The summed E-state index contributed by atoms with van der Waals surface area (Å²) in [6.07, 6.45) is 0. The van der Waals surface area contributed by atoms with Gasteiger partial charge in [0.1, 0.15) is 0 Å². The summed E-state index contributed by atoms with van der Waals surface area (Å²) < 4.78 is 0. The van der Waals surface area contributed by atoms with Gasteiger partial charge in [0.2, 0.25) is 5.78 Å². The van der Waals surface area contributed by atoms with Crippen molar-refractivity contribution in [2.24, 2.45) is 0 Å². The molecule has 122 valence electrons. The topological polar surface area (TPSA) is 46.2 Å². The number of amides is 1. The van der Waals surface area contributed by atoms with Crippen LogP contribution in [0.4, 0.5) is 0 Å². The number of halogens is 2. The van der Waals surface area contributed by atoms with Crippen molar-refractivity contribution in [1.29, 1.82) is 0 Å². The smallest absolute Gasteiger partial charge is 0.253 e. The number of carbonyl (C=O) groups excluding carboxylic acids is 2. The van der Waals surface area contributed by atoms with Crippen molar-refractivity contribution in [3.05, 3.63) is 78.1 Å². The van der Waals surface area contributed by atoms with E-state index in [4.69, 9.17) is 23.2 Å². The van der Waals surface area contributed by atoms with Crippen molar-refractivity contribution in [2.75, 3.05) is 0 Å². The molecule has 3 rings (SSSR count). The molecule has 3 nitrogen and oxygen atoms in total. The molecule has 0 saturated carbocycles. The van der Waals surface area contributed by atoms with Gasteiger partial charge in [-0.1, -0.05) is 29.3 Å². The molecule has 0 atom stereocenters. The highest BCUT2D eigenvalue weighted by atomic mass is 35.5. The van der Waals surface area contributed by atoms with Crippen LogP contribution in [0.25, 0.3) is 0 Å². The zero-order chi connectivity index (χ0) is 17.1. The Kier molecular flexibility index (Phi) is 5.36. The molecule has 1 N–H and O–H groups in total. The summed E-state index contributed by atoms with van der Waals surface area (Å²) >= 11 is 14.7. The van der Waals surface area contributed by atoms with E-state index in [1.807, 2.05) is 17.5 Å². The summed E-state index contributed by atoms with van der Waals surface area (Å²) in [6.45, 7) is 0.323. The standard InChI is InChI=1S/C17H11Cl2NO2S2/c18-10-3-5-13(19)12(8-10)17(22)20-9-11-4-6-15(24-11)16(21)14-2-1-7-23-14/h1-8H,9H2,(H,20,22). The Morgan fingerprint density at radius 1 is 1.04 bits per heavy atom. The average Bonchev–Trinajstić information content (AvgIpc) is 3.26. The van der Waals surface area contributed by atoms with Crippen molar-refractivity contribution < 1.29 is 9.59 Å². The van der Waals surface area contributed by atoms with Crippen LogP contribution < -0.4 is 5.32 Å². The van der Waals surface area contributed by atoms with Crippen LogP contribution in [-0.2, 0) is 6.54 Å². The molecule has 0 saturated heterocycles. The third-order valence-electron chi connectivity index (χ3n) is 3.23. The quantitative estimate of drug-likeness (QED) is 0.597. The molecular weight excluding hydrogens is 385 g/mol. The zero-order valence-electron chi connectivity index (χ0n) is 12.2. The van der Waals surface area contributed by atoms with Crippen LogP contribution in [-0.4, -0.2) is 11.7 Å². The summed E-state index contributed by atoms with van der Waals surface area (Å²) in [4.78, 5) is 26.7. The SMILES string of the molecule is O=C(c1cccs1)c1ccc(CNC(=O)c2cc(Cl)ccc2Cl)s1. The van der Waals surface area contributed by atoms with E-state index in [2.05, 4.69) is 5.32 Å². The van der Waals surface area contributed by atoms with Crippen LogP contribution in [0.3, 0.4) is 0 Å². The van der Waals surface area contributed by atoms with Crippen LogP contribution in [0.2, 0.25) is 10.0 Å². The molecule has 2 heterocycles. The minimum absolute atomic E-state index is 0.00506. The molecule has 0 spiro atoms. The fourth-order valence-corrected chi connectivity index (χ4v) is 4.08. The van der Waals surface area contributed by atoms with Crippen LogP contribution in [0, 0.1) is 0 Å². The molecule has 0 radical (unpaired) electrons. The second-order valence-corrected chi connectivity index (χ2v) is 7.84. The van der Waals surface area contributed by atoms with Gasteiger partial charge in [-0.25, -0.2) is 0 Å². The largest absolute Gasteiger partial charge is 0.347 e. The maximum Gasteiger partial charge on any atom is 0.253 e. The molecule has 2 aromatic heterocycles. The van der Waals surface area contributed by atoms with Crippen LogP contribution in [0.5, 0.6) is 0 Å². The number of ketones is 1. The summed E-state index contributed by atoms with van der Waals surface area (Å²) in [5.41, 5.74) is 0.329. The lowest BCUT2D eigenvalue weighted by Crippen LogP contribution is -2.22. The number of hydrogen-bond donors (Lipinski definition) is 1. The first-order valence-corrected chi connectivity index (χ1v) is 9.40. The third kappa shape index (κ3) is 3.87. The van der Waals surface area contributed by atoms with Crippen molar-refractivity contribution in [2.45, 2.75) is 6.54 Å². The Hall–Kier alpha value is -1.66. The average molecular weight is 396 g/mol. The van der Waals surface area contributed by atoms with Gasteiger partial charge in [-0.05, 0) is 41.8 Å². The second kappa shape index (κ2) is 7.49. The van der Waals surface area contributed by atoms with E-state index in [9.17, 15) is 9.59 Å². The predicted octanol–water partition coefficient (Wildman–Crippen LogP) is 5.28. The van der Waals surface area contributed by atoms with E-state index in [0.29, 0.717) is 31.9 Å². The number of carbonyl (C=O) groups is 2. The highest BCUT2D eigenvalue weighted by Crippen LogP contribution is 2.23. The zero-order valence-corrected chi connectivity index (χ0v) is 15.4. The first-order valence-electron chi connectivity index (χ1n) is 6.95. The molecule has 0 fully saturated rings. The predicted molar refractivity (Wildman–Crippen MR) is 99.7 cm³/mol. The maximum atomic E-state index is 12.3. The fraction of sp³-hybridized carbons (Fsp3) is 0.0588. The monoisotopic (exact) mass is 395 g/mol. The molecule has 0 aliphatic carbocycles. The van der Waals surface area contributed by atoms with E-state index >= 15 is 0 Å². The lowest BCUT2D eigenvalue weighted by Gasteiger charge is -2.06. The van der Waals surface area contributed by atoms with Gasteiger partial charge in [-0.15, -0.1) is 22.7 Å². The molecule has 0 bridgehead atoms. The van der Waals surface area contributed by atoms with Crippen LogP contribution >= 0.6 is 45.9 Å². The molecule has 1 amide bonds. The minimum Gasteiger partial charge on any atom is -0.347 e. The maximum absolute atomic E-state index is 12.3. The Morgan fingerprint density at radius 2 is 1.88 bits per heavy atom. The summed E-state index contributed by atoms with van der Waals surface area (Å²) in [7, 11) is 0. The van der Waals surface area contributed by atoms with Gasteiger partial charge in [-0.2, -0.15) is 0 Å². The fourth-order valence-electron chi connectivity index (χ4n) is 2.06. The second-order valence-electron chi connectivity index (χ2n) is 4.88. The molecule has 7 heteroatoms. The van der Waals surface area contributed by atoms with E-state index in [-0.39, 0.29) is 11.7 Å². The molecule has 0 aliphatic heterocycles. The third-order valence-corrected chi connectivity index (χ3v) is 5.74. The molecule has 24 heavy (non-hydrogen) atoms. The highest BCUT2D eigenvalue weighted by molar-refractivity contribution is 7.16. The van der Waals surface area contributed by atoms with Crippen molar-refractivity contribution in [3.8, 4) is 0 Å². The van der Waals surface area contributed by atoms with Gasteiger partial charge in [0.05, 0.1) is 26.9 Å². The normalized spacial score (nSPS) is 10.6. The van der Waals surface area contributed by atoms with Gasteiger partial charge in [0.25, 0.3) is 5.91 Å². The molecule has 0 unspecified atom stereocenters. The van der Waals surface area contributed by atoms with E-state index in [1.54, 1.807) is 24.3 Å². The molecule has 1 aromatic carbocycles. The summed E-state index contributed by atoms with van der Waals surface area (Å²) in [6, 6.07) is 12.0. The number of hydrogen-bond acceptors (Lipinski definition) is 4. The Bertz CT molecular complexity index is 888. The van der Waals surface area contributed by atoms with Crippen molar-refractivity contribution in [3.63, 3.8) is 0 Å². The first kappa shape index (κ1) is 17.2. The molecule has 3 aromatic rings. The number of benzene rings is 1. The van der Waals surface area contributed by atoms with Gasteiger partial charge in [0, 0.05) is 9.90 Å². The summed E-state index contributed by atoms with van der Waals surface area (Å²) in [5.74, 6) is -0.299. The lowest BCUT2D eigenvalue weighted by molar-refractivity contribution is 0.0951. The van der Waals surface area contributed by atoms with Gasteiger partial charge in [-0.3, -0.25) is 9.59 Å². The lowest BCUT2D eigenvalue weighted by atomic mass is 10.2. The Labute approximate surface area is 156 Å². The van der Waals surface area contributed by atoms with Gasteiger partial charge < -0.3 is 5.32 Å². The van der Waals surface area contributed by atoms with Gasteiger partial charge in [0.15, 0.2) is 0 Å². The van der Waals surface area contributed by atoms with Crippen molar-refractivity contribution >= 4 is 57.6 Å².